The number of aromatic nitrogens is 1. The summed E-state index contributed by atoms with van der Waals surface area (Å²) >= 11 is 0. The lowest BCUT2D eigenvalue weighted by molar-refractivity contribution is 0.354. The van der Waals surface area contributed by atoms with Crippen molar-refractivity contribution in [2.75, 3.05) is 14.2 Å². The number of nitrogens with zero attached hydrogens (tertiary/aromatic N) is 1. The van der Waals surface area contributed by atoms with Crippen molar-refractivity contribution < 1.29 is 14.0 Å². The molecule has 0 amide bonds. The Morgan fingerprint density at radius 2 is 1.30 bits per heavy atom. The first-order valence-corrected chi connectivity index (χ1v) is 14.1. The summed E-state index contributed by atoms with van der Waals surface area (Å²) in [6.45, 7) is 4.11. The van der Waals surface area contributed by atoms with Crippen LogP contribution in [0.3, 0.4) is 0 Å². The number of methoxy groups -OCH3 is 2. The molecule has 5 rings (SSSR count). The van der Waals surface area contributed by atoms with Crippen molar-refractivity contribution in [1.82, 2.24) is 4.57 Å². The number of aryl methyl sites for hydroxylation is 3. The summed E-state index contributed by atoms with van der Waals surface area (Å²) in [6, 6.07) is 30.5. The monoisotopic (exact) mass is 509 g/mol. The van der Waals surface area contributed by atoms with E-state index in [2.05, 4.69) is 36.7 Å². The van der Waals surface area contributed by atoms with Crippen LogP contribution in [0.25, 0.3) is 10.9 Å². The number of para-hydroxylation sites is 1. The van der Waals surface area contributed by atoms with Crippen LogP contribution in [0.15, 0.2) is 97.2 Å². The predicted molar refractivity (Wildman–Crippen MR) is 154 cm³/mol. The van der Waals surface area contributed by atoms with Gasteiger partial charge in [-0.05, 0) is 43.2 Å². The number of rotatable bonds is 7. The van der Waals surface area contributed by atoms with Crippen LogP contribution in [0.2, 0.25) is 0 Å². The van der Waals surface area contributed by atoms with E-state index in [0.29, 0.717) is 11.5 Å². The lowest BCUT2D eigenvalue weighted by Gasteiger charge is -2.30. The van der Waals surface area contributed by atoms with Gasteiger partial charge in [0.1, 0.15) is 0 Å². The van der Waals surface area contributed by atoms with Gasteiger partial charge in [-0.2, -0.15) is 0 Å². The van der Waals surface area contributed by atoms with Gasteiger partial charge in [0.15, 0.2) is 18.6 Å². The molecule has 0 bridgehead atoms. The van der Waals surface area contributed by atoms with E-state index in [1.165, 1.54) is 0 Å². The smallest absolute Gasteiger partial charge is 0.161 e. The Bertz CT molecular complexity index is 1550. The molecule has 188 valence electrons. The molecule has 4 aromatic carbocycles. The third kappa shape index (κ3) is 4.36. The fourth-order valence-electron chi connectivity index (χ4n) is 5.18. The molecule has 0 fully saturated rings. The van der Waals surface area contributed by atoms with E-state index in [4.69, 9.17) is 9.47 Å². The van der Waals surface area contributed by atoms with Crippen molar-refractivity contribution in [2.24, 2.45) is 7.05 Å². The molecule has 1 aromatic heterocycles. The van der Waals surface area contributed by atoms with Crippen LogP contribution in [0.4, 0.5) is 0 Å². The molecule has 0 saturated heterocycles. The molecule has 0 saturated carbocycles. The van der Waals surface area contributed by atoms with E-state index in [9.17, 15) is 0 Å². The summed E-state index contributed by atoms with van der Waals surface area (Å²) in [7, 11) is 2.03. The van der Waals surface area contributed by atoms with Crippen molar-refractivity contribution in [3.05, 3.63) is 119 Å². The third-order valence-electron chi connectivity index (χ3n) is 7.14. The van der Waals surface area contributed by atoms with Gasteiger partial charge in [0.25, 0.3) is 0 Å². The topological polar surface area (TPSA) is 40.5 Å². The van der Waals surface area contributed by atoms with E-state index in [-0.39, 0.29) is 0 Å². The predicted octanol–water partition coefficient (Wildman–Crippen LogP) is 6.92. The normalized spacial score (nSPS) is 12.5. The summed E-state index contributed by atoms with van der Waals surface area (Å²) in [5.41, 5.74) is 4.86. The number of benzene rings is 4. The Morgan fingerprint density at radius 1 is 0.730 bits per heavy atom. The quantitative estimate of drug-likeness (QED) is 0.224. The van der Waals surface area contributed by atoms with Gasteiger partial charge in [0.2, 0.25) is 0 Å². The summed E-state index contributed by atoms with van der Waals surface area (Å²) in [4.78, 5) is 0. The molecule has 0 spiro atoms. The first kappa shape index (κ1) is 24.9. The van der Waals surface area contributed by atoms with Gasteiger partial charge in [-0.1, -0.05) is 83.9 Å². The Labute approximate surface area is 218 Å². The molecule has 1 unspecified atom stereocenters. The van der Waals surface area contributed by atoms with E-state index in [1.54, 1.807) is 14.2 Å². The lowest BCUT2D eigenvalue weighted by atomic mass is 10.0. The van der Waals surface area contributed by atoms with Crippen LogP contribution in [-0.2, 0) is 11.6 Å². The van der Waals surface area contributed by atoms with Gasteiger partial charge in [0, 0.05) is 34.8 Å². The minimum atomic E-state index is -3.27. The van der Waals surface area contributed by atoms with Gasteiger partial charge >= 0.3 is 0 Å². The second kappa shape index (κ2) is 9.95. The second-order valence-corrected chi connectivity index (χ2v) is 12.4. The largest absolute Gasteiger partial charge is 0.493 e. The average molecular weight is 510 g/mol. The zero-order valence-electron chi connectivity index (χ0n) is 21.9. The number of hydrogen-bond donors (Lipinski definition) is 0. The Hall–Kier alpha value is -3.75. The molecule has 0 aliphatic rings. The average Bonchev–Trinajstić information content (AvgIpc) is 3.25. The van der Waals surface area contributed by atoms with E-state index in [0.717, 1.165) is 43.8 Å². The summed E-state index contributed by atoms with van der Waals surface area (Å²) < 4.78 is 29.2. The Kier molecular flexibility index (Phi) is 6.70. The number of hydrogen-bond acceptors (Lipinski definition) is 3. The van der Waals surface area contributed by atoms with Crippen LogP contribution in [0.5, 0.6) is 11.5 Å². The maximum absolute atomic E-state index is 15.9. The van der Waals surface area contributed by atoms with Crippen molar-refractivity contribution in [3.8, 4) is 11.5 Å². The van der Waals surface area contributed by atoms with Gasteiger partial charge in [0.05, 0.1) is 19.9 Å². The van der Waals surface area contributed by atoms with Crippen LogP contribution in [0.1, 0.15) is 27.9 Å². The highest BCUT2D eigenvalue weighted by molar-refractivity contribution is 7.79. The first-order valence-electron chi connectivity index (χ1n) is 12.4. The van der Waals surface area contributed by atoms with E-state index in [1.807, 2.05) is 85.9 Å². The summed E-state index contributed by atoms with van der Waals surface area (Å²) in [6.07, 6.45) is 2.13. The maximum atomic E-state index is 15.9. The third-order valence-corrected chi connectivity index (χ3v) is 10.6. The van der Waals surface area contributed by atoms with Crippen LogP contribution in [0, 0.1) is 13.8 Å². The molecule has 37 heavy (non-hydrogen) atoms. The van der Waals surface area contributed by atoms with Gasteiger partial charge in [-0.3, -0.25) is 0 Å². The SMILES string of the molecule is COc1ccc(C(c2cn(C)c3ccccc23)P(=O)(c2ccc(C)cc2)c2ccc(C)cc2)cc1OC. The summed E-state index contributed by atoms with van der Waals surface area (Å²) in [5.74, 6) is 1.26. The molecular formula is C32H32NO3P. The molecule has 1 atom stereocenters. The fraction of sp³-hybridized carbons (Fsp3) is 0.188. The van der Waals surface area contributed by atoms with Crippen LogP contribution in [-0.4, -0.2) is 18.8 Å². The van der Waals surface area contributed by atoms with E-state index < -0.39 is 12.8 Å². The molecule has 0 N–H and O–H groups in total. The highest BCUT2D eigenvalue weighted by atomic mass is 31.2. The minimum absolute atomic E-state index is 0.441. The van der Waals surface area contributed by atoms with Crippen molar-refractivity contribution in [2.45, 2.75) is 19.5 Å². The van der Waals surface area contributed by atoms with Gasteiger partial charge in [-0.15, -0.1) is 0 Å². The molecule has 0 aliphatic carbocycles. The highest BCUT2D eigenvalue weighted by Crippen LogP contribution is 2.61. The lowest BCUT2D eigenvalue weighted by Crippen LogP contribution is -2.22. The minimum Gasteiger partial charge on any atom is -0.493 e. The zero-order chi connectivity index (χ0) is 26.2. The Morgan fingerprint density at radius 3 is 1.86 bits per heavy atom. The molecule has 0 radical (unpaired) electrons. The number of fused-ring (bicyclic) bond motifs is 1. The van der Waals surface area contributed by atoms with Crippen molar-refractivity contribution in [3.63, 3.8) is 0 Å². The molecule has 0 aliphatic heterocycles. The second-order valence-electron chi connectivity index (χ2n) is 9.56. The Balaban J connectivity index is 1.89. The van der Waals surface area contributed by atoms with E-state index >= 15 is 4.57 Å². The molecule has 4 nitrogen and oxygen atoms in total. The number of ether oxygens (including phenoxy) is 2. The maximum Gasteiger partial charge on any atom is 0.161 e. The zero-order valence-corrected chi connectivity index (χ0v) is 22.8. The fourth-order valence-corrected chi connectivity index (χ4v) is 8.44. The molecule has 5 aromatic rings. The van der Waals surface area contributed by atoms with Crippen LogP contribution >= 0.6 is 7.14 Å². The molecule has 1 heterocycles. The first-order chi connectivity index (χ1) is 17.9. The van der Waals surface area contributed by atoms with Gasteiger partial charge in [-0.25, -0.2) is 0 Å². The van der Waals surface area contributed by atoms with Gasteiger partial charge < -0.3 is 18.6 Å². The molecule has 5 heteroatoms. The van der Waals surface area contributed by atoms with Crippen molar-refractivity contribution in [1.29, 1.82) is 0 Å². The van der Waals surface area contributed by atoms with Crippen molar-refractivity contribution >= 4 is 28.7 Å². The summed E-state index contributed by atoms with van der Waals surface area (Å²) in [5, 5.41) is 2.74. The van der Waals surface area contributed by atoms with Crippen LogP contribution < -0.4 is 20.1 Å². The molecular weight excluding hydrogens is 477 g/mol. The standard InChI is InChI=1S/C32H32NO3P/c1-22-10-15-25(16-11-22)37(34,26-17-12-23(2)13-18-26)32(24-14-19-30(35-4)31(20-24)36-5)28-21-33(3)29-9-7-6-8-27(28)29/h6-21,32H,1-5H3. The highest BCUT2D eigenvalue weighted by Gasteiger charge is 2.40.